The molecule has 2 aliphatic rings. The lowest BCUT2D eigenvalue weighted by molar-refractivity contribution is -0.133. The van der Waals surface area contributed by atoms with E-state index in [1.807, 2.05) is 0 Å². The van der Waals surface area contributed by atoms with Gasteiger partial charge in [-0.25, -0.2) is 9.59 Å². The van der Waals surface area contributed by atoms with Gasteiger partial charge in [-0.1, -0.05) is 5.16 Å². The minimum Gasteiger partial charge on any atom is -0.464 e. The predicted octanol–water partition coefficient (Wildman–Crippen LogP) is 1.00. The van der Waals surface area contributed by atoms with Crippen LogP contribution in [0, 0.1) is 12.8 Å². The molecule has 1 aromatic rings. The van der Waals surface area contributed by atoms with Gasteiger partial charge in [0.25, 0.3) is 5.91 Å². The second-order valence-corrected chi connectivity index (χ2v) is 6.61. The molecule has 3 amide bonds. The summed E-state index contributed by atoms with van der Waals surface area (Å²) in [5.74, 6) is -0.517. The second-order valence-electron chi connectivity index (χ2n) is 6.61. The van der Waals surface area contributed by atoms with Crippen molar-refractivity contribution >= 4 is 30.3 Å². The van der Waals surface area contributed by atoms with Crippen LogP contribution in [0.2, 0.25) is 0 Å². The van der Waals surface area contributed by atoms with Gasteiger partial charge in [0.2, 0.25) is 0 Å². The lowest BCUT2D eigenvalue weighted by atomic mass is 9.79. The maximum absolute atomic E-state index is 13.0. The van der Waals surface area contributed by atoms with Crippen LogP contribution < -0.4 is 10.6 Å². The number of imide groups is 1. The van der Waals surface area contributed by atoms with Gasteiger partial charge in [-0.2, -0.15) is 0 Å². The van der Waals surface area contributed by atoms with E-state index in [1.165, 1.54) is 7.11 Å². The molecule has 0 bridgehead atoms. The first kappa shape index (κ1) is 20.2. The molecule has 0 saturated carbocycles. The fourth-order valence-electron chi connectivity index (χ4n) is 3.53. The highest BCUT2D eigenvalue weighted by atomic mass is 35.5. The number of esters is 1. The van der Waals surface area contributed by atoms with Gasteiger partial charge in [-0.05, 0) is 45.7 Å². The number of carbonyl (C=O) groups excluding carboxylic acids is 3. The highest BCUT2D eigenvalue weighted by Crippen LogP contribution is 2.33. The van der Waals surface area contributed by atoms with Crippen molar-refractivity contribution in [2.24, 2.45) is 5.92 Å². The van der Waals surface area contributed by atoms with E-state index in [9.17, 15) is 14.4 Å². The zero-order valence-electron chi connectivity index (χ0n) is 15.0. The normalized spacial score (nSPS) is 23.6. The Bertz CT molecular complexity index is 715. The number of carbonyl (C=O) groups is 3. The van der Waals surface area contributed by atoms with Crippen molar-refractivity contribution in [1.82, 2.24) is 20.7 Å². The number of hydrogen-bond acceptors (Lipinski definition) is 7. The van der Waals surface area contributed by atoms with Crippen LogP contribution in [-0.4, -0.2) is 53.7 Å². The first-order valence-electron chi connectivity index (χ1n) is 8.26. The number of rotatable bonds is 4. The molecule has 2 saturated heterocycles. The summed E-state index contributed by atoms with van der Waals surface area (Å²) in [5.41, 5.74) is -0.573. The number of nitrogens with zero attached hydrogens (tertiary/aromatic N) is 2. The first-order chi connectivity index (χ1) is 11.9. The van der Waals surface area contributed by atoms with Crippen molar-refractivity contribution in [2.45, 2.75) is 38.8 Å². The van der Waals surface area contributed by atoms with E-state index in [1.54, 1.807) is 13.8 Å². The lowest BCUT2D eigenvalue weighted by Crippen LogP contribution is -2.53. The number of halogens is 1. The molecule has 1 unspecified atom stereocenters. The summed E-state index contributed by atoms with van der Waals surface area (Å²) in [5, 5.41) is 9.77. The molecule has 0 spiro atoms. The van der Waals surface area contributed by atoms with Gasteiger partial charge < -0.3 is 19.9 Å². The first-order valence-corrected chi connectivity index (χ1v) is 8.26. The zero-order chi connectivity index (χ0) is 18.2. The number of aromatic nitrogens is 1. The van der Waals surface area contributed by atoms with Crippen LogP contribution in [0.15, 0.2) is 4.52 Å². The number of aryl methyl sites for hydroxylation is 1. The molecule has 3 rings (SSSR count). The SMILES string of the molecule is COC(=O)c1noc(C)c1CN1C(=O)NC(C)(C2CCNCC2)C1=O.Cl. The van der Waals surface area contributed by atoms with Gasteiger partial charge in [0.1, 0.15) is 11.3 Å². The number of urea groups is 1. The van der Waals surface area contributed by atoms with Crippen molar-refractivity contribution in [3.05, 3.63) is 17.0 Å². The van der Waals surface area contributed by atoms with Crippen molar-refractivity contribution in [2.75, 3.05) is 20.2 Å². The fraction of sp³-hybridized carbons (Fsp3) is 0.625. The van der Waals surface area contributed by atoms with Crippen LogP contribution in [0.25, 0.3) is 0 Å². The average molecular weight is 387 g/mol. The largest absolute Gasteiger partial charge is 0.464 e. The molecule has 3 heterocycles. The highest BCUT2D eigenvalue weighted by molar-refractivity contribution is 6.07. The Balaban J connectivity index is 0.00000243. The minimum absolute atomic E-state index is 0. The third-order valence-corrected chi connectivity index (χ3v) is 5.14. The summed E-state index contributed by atoms with van der Waals surface area (Å²) in [6, 6.07) is -0.470. The number of hydrogen-bond donors (Lipinski definition) is 2. The van der Waals surface area contributed by atoms with E-state index < -0.39 is 17.5 Å². The van der Waals surface area contributed by atoms with E-state index in [-0.39, 0.29) is 36.5 Å². The fourth-order valence-corrected chi connectivity index (χ4v) is 3.53. The van der Waals surface area contributed by atoms with Crippen molar-refractivity contribution in [3.63, 3.8) is 0 Å². The van der Waals surface area contributed by atoms with Crippen LogP contribution in [0.5, 0.6) is 0 Å². The van der Waals surface area contributed by atoms with Gasteiger partial charge in [0.05, 0.1) is 13.7 Å². The maximum atomic E-state index is 13.0. The number of methoxy groups -OCH3 is 1. The quantitative estimate of drug-likeness (QED) is 0.586. The average Bonchev–Trinajstić information content (AvgIpc) is 3.08. The molecule has 144 valence electrons. The molecule has 1 aromatic heterocycles. The Morgan fingerprint density at radius 3 is 2.65 bits per heavy atom. The Morgan fingerprint density at radius 2 is 2.04 bits per heavy atom. The summed E-state index contributed by atoms with van der Waals surface area (Å²) >= 11 is 0. The topological polar surface area (TPSA) is 114 Å². The number of amides is 3. The van der Waals surface area contributed by atoms with Crippen molar-refractivity contribution in [3.8, 4) is 0 Å². The zero-order valence-corrected chi connectivity index (χ0v) is 15.8. The van der Waals surface area contributed by atoms with E-state index in [4.69, 9.17) is 4.52 Å². The monoisotopic (exact) mass is 386 g/mol. The van der Waals surface area contributed by atoms with Gasteiger partial charge in [0.15, 0.2) is 5.69 Å². The molecule has 2 N–H and O–H groups in total. The standard InChI is InChI=1S/C16H22N4O5.ClH/c1-9-11(12(19-25-9)13(21)24-3)8-20-14(22)16(2,18-15(20)23)10-4-6-17-7-5-10;/h10,17H,4-8H2,1-3H3,(H,18,23);1H. The molecule has 2 aliphatic heterocycles. The van der Waals surface area contributed by atoms with Gasteiger partial charge >= 0.3 is 12.0 Å². The van der Waals surface area contributed by atoms with Gasteiger partial charge in [0, 0.05) is 5.56 Å². The Morgan fingerprint density at radius 1 is 1.38 bits per heavy atom. The van der Waals surface area contributed by atoms with E-state index in [0.717, 1.165) is 30.8 Å². The molecular formula is C16H23ClN4O5. The Hall–Kier alpha value is -2.13. The summed E-state index contributed by atoms with van der Waals surface area (Å²) < 4.78 is 9.71. The molecule has 0 aliphatic carbocycles. The van der Waals surface area contributed by atoms with E-state index >= 15 is 0 Å². The van der Waals surface area contributed by atoms with Crippen LogP contribution in [-0.2, 0) is 16.1 Å². The van der Waals surface area contributed by atoms with Crippen LogP contribution in [0.3, 0.4) is 0 Å². The molecule has 0 radical (unpaired) electrons. The summed E-state index contributed by atoms with van der Waals surface area (Å²) in [6.45, 7) is 4.95. The molecule has 0 aromatic carbocycles. The van der Waals surface area contributed by atoms with Crippen LogP contribution >= 0.6 is 12.4 Å². The Labute approximate surface area is 157 Å². The summed E-state index contributed by atoms with van der Waals surface area (Å²) in [4.78, 5) is 38.3. The van der Waals surface area contributed by atoms with Gasteiger partial charge in [-0.3, -0.25) is 9.69 Å². The number of nitrogens with one attached hydrogen (secondary N) is 2. The molecule has 9 nitrogen and oxygen atoms in total. The smallest absolute Gasteiger partial charge is 0.360 e. The van der Waals surface area contributed by atoms with Gasteiger partial charge in [-0.15, -0.1) is 12.4 Å². The molecule has 1 atom stereocenters. The Kier molecular flexibility index (Phi) is 5.92. The number of piperidine rings is 1. The predicted molar refractivity (Wildman–Crippen MR) is 92.9 cm³/mol. The van der Waals surface area contributed by atoms with Crippen LogP contribution in [0.1, 0.15) is 41.6 Å². The second kappa shape index (κ2) is 7.63. The molecule has 10 heteroatoms. The summed E-state index contributed by atoms with van der Waals surface area (Å²) in [6.07, 6.45) is 1.63. The summed E-state index contributed by atoms with van der Waals surface area (Å²) in [7, 11) is 1.23. The maximum Gasteiger partial charge on any atom is 0.360 e. The third-order valence-electron chi connectivity index (χ3n) is 5.14. The molecule has 26 heavy (non-hydrogen) atoms. The van der Waals surface area contributed by atoms with E-state index in [0.29, 0.717) is 11.3 Å². The highest BCUT2D eigenvalue weighted by Gasteiger charge is 2.52. The van der Waals surface area contributed by atoms with Crippen molar-refractivity contribution in [1.29, 1.82) is 0 Å². The molecule has 2 fully saturated rings. The molecular weight excluding hydrogens is 364 g/mol. The van der Waals surface area contributed by atoms with Crippen LogP contribution in [0.4, 0.5) is 4.79 Å². The number of ether oxygens (including phenoxy) is 1. The minimum atomic E-state index is -0.935. The van der Waals surface area contributed by atoms with Crippen molar-refractivity contribution < 1.29 is 23.6 Å². The third kappa shape index (κ3) is 3.28. The van der Waals surface area contributed by atoms with E-state index in [2.05, 4.69) is 20.5 Å². The lowest BCUT2D eigenvalue weighted by Gasteiger charge is -2.34.